The smallest absolute Gasteiger partial charge is 0.280 e. The van der Waals surface area contributed by atoms with Gasteiger partial charge in [-0.2, -0.15) is 0 Å². The molecule has 1 aromatic carbocycles. The predicted molar refractivity (Wildman–Crippen MR) is 114 cm³/mol. The van der Waals surface area contributed by atoms with E-state index in [0.29, 0.717) is 17.1 Å². The van der Waals surface area contributed by atoms with Crippen molar-refractivity contribution in [3.8, 4) is 0 Å². The summed E-state index contributed by atoms with van der Waals surface area (Å²) in [5.41, 5.74) is 9.75. The summed E-state index contributed by atoms with van der Waals surface area (Å²) >= 11 is 1.50. The number of fused-ring (bicyclic) bond motifs is 1. The molecule has 28 heavy (non-hydrogen) atoms. The van der Waals surface area contributed by atoms with E-state index in [-0.39, 0.29) is 11.3 Å². The Labute approximate surface area is 170 Å². The molecule has 1 aliphatic carbocycles. The number of hydrogen-bond acceptors (Lipinski definition) is 3. The third kappa shape index (κ3) is 4.62. The van der Waals surface area contributed by atoms with Gasteiger partial charge < -0.3 is 16.0 Å². The fourth-order valence-corrected chi connectivity index (χ4v) is 5.04. The Hall–Kier alpha value is -2.18. The second-order valence-electron chi connectivity index (χ2n) is 8.73. The molecule has 150 valence electrons. The van der Waals surface area contributed by atoms with Gasteiger partial charge in [-0.15, -0.1) is 11.3 Å². The van der Waals surface area contributed by atoms with Crippen LogP contribution in [0, 0.1) is 0 Å². The zero-order chi connectivity index (χ0) is 20.5. The minimum absolute atomic E-state index is 0.0914. The van der Waals surface area contributed by atoms with Crippen molar-refractivity contribution >= 4 is 28.2 Å². The van der Waals surface area contributed by atoms with Crippen molar-refractivity contribution in [2.24, 2.45) is 5.73 Å². The van der Waals surface area contributed by atoms with Crippen LogP contribution in [0.5, 0.6) is 0 Å². The van der Waals surface area contributed by atoms with Gasteiger partial charge in [0.2, 0.25) is 0 Å². The van der Waals surface area contributed by atoms with Crippen molar-refractivity contribution in [3.63, 3.8) is 0 Å². The van der Waals surface area contributed by atoms with E-state index in [1.54, 1.807) is 0 Å². The molecule has 1 unspecified atom stereocenters. The highest BCUT2D eigenvalue weighted by Gasteiger charge is 2.26. The third-order valence-corrected chi connectivity index (χ3v) is 6.42. The van der Waals surface area contributed by atoms with E-state index in [4.69, 9.17) is 5.73 Å². The first-order valence-corrected chi connectivity index (χ1v) is 10.6. The van der Waals surface area contributed by atoms with Crippen molar-refractivity contribution in [1.29, 1.82) is 0 Å². The summed E-state index contributed by atoms with van der Waals surface area (Å²) in [4.78, 5) is 26.7. The zero-order valence-electron chi connectivity index (χ0n) is 17.1. The van der Waals surface area contributed by atoms with Crippen molar-refractivity contribution < 1.29 is 14.5 Å². The molecular weight excluding hydrogens is 370 g/mol. The molecule has 2 aromatic rings. The van der Waals surface area contributed by atoms with E-state index in [0.717, 1.165) is 36.3 Å². The maximum absolute atomic E-state index is 12.5. The van der Waals surface area contributed by atoms with E-state index in [1.807, 2.05) is 7.05 Å². The molecule has 1 heterocycles. The summed E-state index contributed by atoms with van der Waals surface area (Å²) in [5.74, 6) is -0.541. The summed E-state index contributed by atoms with van der Waals surface area (Å²) < 4.78 is 0. The Morgan fingerprint density at radius 2 is 1.86 bits per heavy atom. The molecule has 1 aromatic heterocycles. The fourth-order valence-electron chi connectivity index (χ4n) is 3.73. The number of nitrogens with two attached hydrogens (primary N) is 1. The Morgan fingerprint density at radius 1 is 1.18 bits per heavy atom. The standard InChI is InChI=1S/C22H29N3O2S/c1-22(2,3)15-10-8-14(9-11-15)12-25(4)13-18(26)24-21-19(20(23)27)16-6-5-7-17(16)28-21/h8-11H,5-7,12-13H2,1-4H3,(H2,23,27)(H,24,26)/p+1. The number of likely N-dealkylation sites (N-methyl/N-ethyl adjacent to an activating group) is 1. The molecule has 5 nitrogen and oxygen atoms in total. The van der Waals surface area contributed by atoms with Gasteiger partial charge in [0, 0.05) is 10.4 Å². The number of rotatable bonds is 6. The summed E-state index contributed by atoms with van der Waals surface area (Å²) in [6.07, 6.45) is 2.89. The van der Waals surface area contributed by atoms with Crippen LogP contribution in [0.2, 0.25) is 0 Å². The van der Waals surface area contributed by atoms with Crippen LogP contribution >= 0.6 is 11.3 Å². The molecule has 1 aliphatic rings. The molecule has 2 amide bonds. The lowest BCUT2D eigenvalue weighted by atomic mass is 9.87. The van der Waals surface area contributed by atoms with E-state index in [1.165, 1.54) is 27.3 Å². The zero-order valence-corrected chi connectivity index (χ0v) is 18.0. The number of hydrogen-bond donors (Lipinski definition) is 3. The molecule has 0 aliphatic heterocycles. The van der Waals surface area contributed by atoms with Crippen LogP contribution in [0.4, 0.5) is 5.00 Å². The van der Waals surface area contributed by atoms with Gasteiger partial charge in [0.1, 0.15) is 11.5 Å². The number of nitrogens with one attached hydrogen (secondary N) is 2. The Balaban J connectivity index is 1.60. The number of benzene rings is 1. The van der Waals surface area contributed by atoms with Gasteiger partial charge >= 0.3 is 0 Å². The molecule has 3 rings (SSSR count). The minimum Gasteiger partial charge on any atom is -0.365 e. The van der Waals surface area contributed by atoms with E-state index in [2.05, 4.69) is 50.4 Å². The molecular formula is C22H30N3O2S+. The summed E-state index contributed by atoms with van der Waals surface area (Å²) in [7, 11) is 2.00. The van der Waals surface area contributed by atoms with Crippen molar-refractivity contribution in [2.45, 2.75) is 52.0 Å². The second-order valence-corrected chi connectivity index (χ2v) is 9.84. The topological polar surface area (TPSA) is 76.6 Å². The Kier molecular flexibility index (Phi) is 5.91. The highest BCUT2D eigenvalue weighted by atomic mass is 32.1. The van der Waals surface area contributed by atoms with Crippen LogP contribution in [-0.2, 0) is 29.6 Å². The summed E-state index contributed by atoms with van der Waals surface area (Å²) in [6.45, 7) is 7.70. The number of carbonyl (C=O) groups is 2. The highest BCUT2D eigenvalue weighted by molar-refractivity contribution is 7.17. The van der Waals surface area contributed by atoms with Crippen LogP contribution in [0.3, 0.4) is 0 Å². The Morgan fingerprint density at radius 3 is 2.46 bits per heavy atom. The summed E-state index contributed by atoms with van der Waals surface area (Å²) in [6, 6.07) is 8.60. The lowest BCUT2D eigenvalue weighted by Gasteiger charge is -2.19. The van der Waals surface area contributed by atoms with Crippen LogP contribution in [0.1, 0.15) is 59.1 Å². The lowest BCUT2D eigenvalue weighted by Crippen LogP contribution is -3.08. The maximum Gasteiger partial charge on any atom is 0.280 e. The SMILES string of the molecule is C[NH+](CC(=O)Nc1sc2c(c1C(N)=O)CCC2)Cc1ccc(C(C)(C)C)cc1. The lowest BCUT2D eigenvalue weighted by molar-refractivity contribution is -0.885. The minimum atomic E-state index is -0.450. The van der Waals surface area contributed by atoms with Crippen LogP contribution in [-0.4, -0.2) is 25.4 Å². The van der Waals surface area contributed by atoms with Crippen LogP contribution < -0.4 is 16.0 Å². The van der Waals surface area contributed by atoms with Crippen molar-refractivity contribution in [3.05, 3.63) is 51.4 Å². The van der Waals surface area contributed by atoms with Gasteiger partial charge in [-0.3, -0.25) is 9.59 Å². The van der Waals surface area contributed by atoms with Gasteiger partial charge in [0.05, 0.1) is 12.6 Å². The van der Waals surface area contributed by atoms with E-state index in [9.17, 15) is 9.59 Å². The molecule has 0 saturated heterocycles. The van der Waals surface area contributed by atoms with E-state index >= 15 is 0 Å². The van der Waals surface area contributed by atoms with Crippen LogP contribution in [0.25, 0.3) is 0 Å². The van der Waals surface area contributed by atoms with Gasteiger partial charge in [-0.05, 0) is 35.8 Å². The molecule has 4 N–H and O–H groups in total. The molecule has 6 heteroatoms. The second kappa shape index (κ2) is 8.05. The van der Waals surface area contributed by atoms with E-state index < -0.39 is 5.91 Å². The molecule has 0 saturated carbocycles. The average molecular weight is 401 g/mol. The molecule has 0 radical (unpaired) electrons. The van der Waals surface area contributed by atoms with Gasteiger partial charge in [0.15, 0.2) is 6.54 Å². The first kappa shape index (κ1) is 20.6. The monoisotopic (exact) mass is 400 g/mol. The number of carbonyl (C=O) groups excluding carboxylic acids is 2. The Bertz CT molecular complexity index is 878. The average Bonchev–Trinajstić information content (AvgIpc) is 3.14. The maximum atomic E-state index is 12.5. The van der Waals surface area contributed by atoms with Crippen molar-refractivity contribution in [2.75, 3.05) is 18.9 Å². The first-order chi connectivity index (χ1) is 13.1. The number of amides is 2. The summed E-state index contributed by atoms with van der Waals surface area (Å²) in [5, 5.41) is 3.54. The fraction of sp³-hybridized carbons (Fsp3) is 0.455. The van der Waals surface area contributed by atoms with Crippen LogP contribution in [0.15, 0.2) is 24.3 Å². The largest absolute Gasteiger partial charge is 0.365 e. The first-order valence-electron chi connectivity index (χ1n) is 9.80. The molecule has 1 atom stereocenters. The van der Waals surface area contributed by atoms with Gasteiger partial charge in [-0.25, -0.2) is 0 Å². The molecule has 0 bridgehead atoms. The normalized spacial score (nSPS) is 14.6. The molecule has 0 fully saturated rings. The molecule has 0 spiro atoms. The predicted octanol–water partition coefficient (Wildman–Crippen LogP) is 2.29. The van der Waals surface area contributed by atoms with Crippen molar-refractivity contribution in [1.82, 2.24) is 0 Å². The number of anilines is 1. The number of thiophene rings is 1. The van der Waals surface area contributed by atoms with Gasteiger partial charge in [0.25, 0.3) is 11.8 Å². The number of primary amides is 1. The highest BCUT2D eigenvalue weighted by Crippen LogP contribution is 2.38. The quantitative estimate of drug-likeness (QED) is 0.696. The van der Waals surface area contributed by atoms with Gasteiger partial charge in [-0.1, -0.05) is 45.0 Å². The third-order valence-electron chi connectivity index (χ3n) is 5.21. The number of quaternary nitrogens is 1. The number of aryl methyl sites for hydroxylation is 1.